The molecule has 0 radical (unpaired) electrons. The summed E-state index contributed by atoms with van der Waals surface area (Å²) in [5.41, 5.74) is 12.3. The number of aromatic nitrogens is 1. The molecule has 2 atom stereocenters. The van der Waals surface area contributed by atoms with Gasteiger partial charge >= 0.3 is 0 Å². The van der Waals surface area contributed by atoms with Crippen LogP contribution in [0.2, 0.25) is 0 Å². The first-order valence-electron chi connectivity index (χ1n) is 15.3. The molecule has 0 N–H and O–H groups in total. The zero-order valence-electron chi connectivity index (χ0n) is 24.9. The Balaban J connectivity index is 1.25. The van der Waals surface area contributed by atoms with E-state index in [1.807, 2.05) is 42.5 Å². The second kappa shape index (κ2) is 9.08. The molecular formula is C41H27N3O. The van der Waals surface area contributed by atoms with Gasteiger partial charge in [-0.1, -0.05) is 86.7 Å². The van der Waals surface area contributed by atoms with Crippen LogP contribution in [0.3, 0.4) is 0 Å². The maximum absolute atomic E-state index is 10.4. The molecule has 4 heteroatoms. The molecule has 4 nitrogen and oxygen atoms in total. The SMILES string of the molecule is CC1(C)c2ccccc2-c2c1ccc1c2OC2C=CC(c3c(C#N)cccc3-n3c4ccccc4c4cc(C#N)ccc43)=CC12. The predicted octanol–water partition coefficient (Wildman–Crippen LogP) is 9.33. The Hall–Kier alpha value is -5.84. The van der Waals surface area contributed by atoms with E-state index in [1.165, 1.54) is 27.8 Å². The summed E-state index contributed by atoms with van der Waals surface area (Å²) >= 11 is 0. The van der Waals surface area contributed by atoms with Crippen LogP contribution in [0.15, 0.2) is 115 Å². The first-order valence-corrected chi connectivity index (χ1v) is 15.3. The van der Waals surface area contributed by atoms with Crippen molar-refractivity contribution in [2.45, 2.75) is 31.3 Å². The second-order valence-electron chi connectivity index (χ2n) is 12.7. The van der Waals surface area contributed by atoms with Crippen LogP contribution in [0.25, 0.3) is 44.2 Å². The van der Waals surface area contributed by atoms with Gasteiger partial charge in [0.2, 0.25) is 0 Å². The van der Waals surface area contributed by atoms with Gasteiger partial charge < -0.3 is 9.30 Å². The second-order valence-corrected chi connectivity index (χ2v) is 12.7. The third-order valence-corrected chi connectivity index (χ3v) is 10.0. The average molecular weight is 578 g/mol. The number of para-hydroxylation sites is 1. The van der Waals surface area contributed by atoms with E-state index in [4.69, 9.17) is 4.74 Å². The van der Waals surface area contributed by atoms with Crippen molar-refractivity contribution in [3.63, 3.8) is 0 Å². The van der Waals surface area contributed by atoms with Crippen LogP contribution in [0, 0.1) is 22.7 Å². The van der Waals surface area contributed by atoms with E-state index in [0.29, 0.717) is 11.1 Å². The number of hydrogen-bond acceptors (Lipinski definition) is 3. The Morgan fingerprint density at radius 1 is 0.756 bits per heavy atom. The van der Waals surface area contributed by atoms with Gasteiger partial charge in [0, 0.05) is 38.8 Å². The molecule has 0 bridgehead atoms. The van der Waals surface area contributed by atoms with Crippen molar-refractivity contribution in [1.29, 1.82) is 10.5 Å². The van der Waals surface area contributed by atoms with Gasteiger partial charge in [0.05, 0.1) is 40.0 Å². The van der Waals surface area contributed by atoms with E-state index < -0.39 is 0 Å². The van der Waals surface area contributed by atoms with Gasteiger partial charge in [-0.2, -0.15) is 10.5 Å². The standard InChI is InChI=1S/C41H27N3O/c1-41(2)32-11-5-3-10-29(32)39-33(41)17-16-28-31-21-25(15-19-37(31)45-40(28)39)38-26(23-43)8-7-13-36(38)44-34-12-6-4-9-27(34)30-20-24(22-42)14-18-35(30)44/h3-21,31,37H,1-2H3. The largest absolute Gasteiger partial charge is 0.484 e. The van der Waals surface area contributed by atoms with Crippen LogP contribution in [0.4, 0.5) is 0 Å². The lowest BCUT2D eigenvalue weighted by Crippen LogP contribution is -2.17. The highest BCUT2D eigenvalue weighted by Crippen LogP contribution is 2.57. The van der Waals surface area contributed by atoms with Gasteiger partial charge in [-0.15, -0.1) is 0 Å². The minimum absolute atomic E-state index is 0.0251. The van der Waals surface area contributed by atoms with Gasteiger partial charge in [-0.25, -0.2) is 0 Å². The first kappa shape index (κ1) is 25.6. The number of benzene rings is 5. The molecule has 1 aromatic heterocycles. The molecule has 45 heavy (non-hydrogen) atoms. The molecule has 2 heterocycles. The number of nitriles is 2. The molecule has 6 aromatic rings. The Morgan fingerprint density at radius 2 is 1.58 bits per heavy atom. The number of allylic oxidation sites excluding steroid dienone is 2. The van der Waals surface area contributed by atoms with Crippen molar-refractivity contribution in [3.05, 3.63) is 149 Å². The number of nitrogens with zero attached hydrogens (tertiary/aromatic N) is 3. The molecule has 0 saturated heterocycles. The minimum atomic E-state index is -0.110. The van der Waals surface area contributed by atoms with Crippen LogP contribution < -0.4 is 4.74 Å². The van der Waals surface area contributed by atoms with Crippen LogP contribution in [0.1, 0.15) is 53.1 Å². The van der Waals surface area contributed by atoms with Crippen LogP contribution in [0.5, 0.6) is 5.75 Å². The zero-order chi connectivity index (χ0) is 30.4. The Kier molecular flexibility index (Phi) is 5.18. The topological polar surface area (TPSA) is 61.7 Å². The zero-order valence-corrected chi connectivity index (χ0v) is 24.9. The van der Waals surface area contributed by atoms with Crippen LogP contribution in [-0.2, 0) is 5.41 Å². The molecule has 5 aromatic carbocycles. The molecule has 9 rings (SSSR count). The summed E-state index contributed by atoms with van der Waals surface area (Å²) in [4.78, 5) is 0. The summed E-state index contributed by atoms with van der Waals surface area (Å²) < 4.78 is 8.99. The molecule has 212 valence electrons. The first-order chi connectivity index (χ1) is 22.0. The molecule has 0 spiro atoms. The van der Waals surface area contributed by atoms with E-state index in [2.05, 4.69) is 103 Å². The van der Waals surface area contributed by atoms with Crippen molar-refractivity contribution >= 4 is 27.4 Å². The van der Waals surface area contributed by atoms with Crippen molar-refractivity contribution in [2.24, 2.45) is 0 Å². The van der Waals surface area contributed by atoms with E-state index in [-0.39, 0.29) is 17.4 Å². The summed E-state index contributed by atoms with van der Waals surface area (Å²) in [5, 5.41) is 22.1. The summed E-state index contributed by atoms with van der Waals surface area (Å²) in [7, 11) is 0. The van der Waals surface area contributed by atoms with Crippen molar-refractivity contribution in [1.82, 2.24) is 4.57 Å². The quantitative estimate of drug-likeness (QED) is 0.206. The highest BCUT2D eigenvalue weighted by atomic mass is 16.5. The van der Waals surface area contributed by atoms with Gasteiger partial charge in [-0.05, 0) is 64.7 Å². The van der Waals surface area contributed by atoms with Gasteiger partial charge in [0.25, 0.3) is 0 Å². The lowest BCUT2D eigenvalue weighted by molar-refractivity contribution is 0.270. The van der Waals surface area contributed by atoms with Crippen molar-refractivity contribution in [3.8, 4) is 34.7 Å². The third-order valence-electron chi connectivity index (χ3n) is 10.0. The number of ether oxygens (including phenoxy) is 1. The van der Waals surface area contributed by atoms with E-state index in [0.717, 1.165) is 44.4 Å². The summed E-state index contributed by atoms with van der Waals surface area (Å²) in [6.07, 6.45) is 6.45. The monoisotopic (exact) mass is 577 g/mol. The highest BCUT2D eigenvalue weighted by molar-refractivity contribution is 6.10. The molecule has 2 aliphatic carbocycles. The number of fused-ring (bicyclic) bond motifs is 10. The molecule has 2 unspecified atom stereocenters. The van der Waals surface area contributed by atoms with Crippen molar-refractivity contribution in [2.75, 3.05) is 0 Å². The van der Waals surface area contributed by atoms with Gasteiger partial charge in [0.15, 0.2) is 0 Å². The molecule has 3 aliphatic rings. The Bertz CT molecular complexity index is 2420. The molecular weight excluding hydrogens is 550 g/mol. The van der Waals surface area contributed by atoms with E-state index in [1.54, 1.807) is 0 Å². The fraction of sp³-hybridized carbons (Fsp3) is 0.122. The normalized spacial score (nSPS) is 18.4. The van der Waals surface area contributed by atoms with E-state index >= 15 is 0 Å². The lowest BCUT2D eigenvalue weighted by Gasteiger charge is -2.22. The fourth-order valence-corrected chi connectivity index (χ4v) is 7.94. The summed E-state index contributed by atoms with van der Waals surface area (Å²) in [5.74, 6) is 1.00. The van der Waals surface area contributed by atoms with Gasteiger partial charge in [-0.3, -0.25) is 0 Å². The van der Waals surface area contributed by atoms with E-state index in [9.17, 15) is 10.5 Å². The average Bonchev–Trinajstić information content (AvgIpc) is 3.69. The Labute approximate surface area is 261 Å². The third kappa shape index (κ3) is 3.40. The maximum Gasteiger partial charge on any atom is 0.132 e. The highest BCUT2D eigenvalue weighted by Gasteiger charge is 2.43. The molecule has 0 fully saturated rings. The number of hydrogen-bond donors (Lipinski definition) is 0. The van der Waals surface area contributed by atoms with Gasteiger partial charge in [0.1, 0.15) is 11.9 Å². The summed E-state index contributed by atoms with van der Waals surface area (Å²) in [6, 6.07) is 38.0. The molecule has 0 amide bonds. The lowest BCUT2D eigenvalue weighted by atomic mass is 9.81. The Morgan fingerprint density at radius 3 is 2.44 bits per heavy atom. The van der Waals surface area contributed by atoms with Crippen molar-refractivity contribution < 1.29 is 4.74 Å². The summed E-state index contributed by atoms with van der Waals surface area (Å²) in [6.45, 7) is 4.58. The number of rotatable bonds is 2. The van der Waals surface area contributed by atoms with Crippen LogP contribution in [-0.4, -0.2) is 10.7 Å². The van der Waals surface area contributed by atoms with Crippen LogP contribution >= 0.6 is 0 Å². The predicted molar refractivity (Wildman–Crippen MR) is 178 cm³/mol. The maximum atomic E-state index is 10.4. The fourth-order valence-electron chi connectivity index (χ4n) is 7.94. The smallest absolute Gasteiger partial charge is 0.132 e. The molecule has 1 aliphatic heterocycles. The minimum Gasteiger partial charge on any atom is -0.484 e. The molecule has 0 saturated carbocycles.